The average Bonchev–Trinajstić information content (AvgIpc) is 0.755. The number of hydrogen-bond donors (Lipinski definition) is 33. The first-order chi connectivity index (χ1) is 63.1. The highest BCUT2D eigenvalue weighted by Crippen LogP contribution is 2.42. The number of carbonyl (C=O) groups is 7. The van der Waals surface area contributed by atoms with E-state index in [1.54, 1.807) is 0 Å². The molecule has 0 spiro atoms. The number of carboxylic acids is 1. The molecule has 59 nitrogen and oxygen atoms in total. The summed E-state index contributed by atoms with van der Waals surface area (Å²) in [6.07, 6.45) is -93.9. The number of nitrogens with one attached hydrogen (secondary N) is 6. The van der Waals surface area contributed by atoms with E-state index >= 15 is 0 Å². The third-order valence-corrected chi connectivity index (χ3v) is 24.2. The lowest BCUT2D eigenvalue weighted by atomic mass is 9.88. The van der Waals surface area contributed by atoms with Crippen LogP contribution in [0.15, 0.2) is 0 Å². The maximum Gasteiger partial charge on any atom is 0.364 e. The van der Waals surface area contributed by atoms with Crippen molar-refractivity contribution in [2.24, 2.45) is 0 Å². The van der Waals surface area contributed by atoms with Gasteiger partial charge in [0.1, 0.15) is 232 Å². The van der Waals surface area contributed by atoms with E-state index in [1.165, 1.54) is 6.92 Å². The molecule has 33 N–H and O–H groups in total. The molecule has 59 heteroatoms. The Kier molecular flexibility index (Phi) is 39.4. The Morgan fingerprint density at radius 1 is 0.321 bits per heavy atom. The Bertz CT molecular complexity index is 3800. The van der Waals surface area contributed by atoms with Crippen molar-refractivity contribution in [1.29, 1.82) is 0 Å². The summed E-state index contributed by atoms with van der Waals surface area (Å²) in [6, 6.07) is -11.6. The van der Waals surface area contributed by atoms with Gasteiger partial charge < -0.3 is 260 Å². The Morgan fingerprint density at radius 3 is 1.06 bits per heavy atom. The van der Waals surface area contributed by atoms with Crippen LogP contribution in [0.3, 0.4) is 0 Å². The summed E-state index contributed by atoms with van der Waals surface area (Å²) in [5, 5.41) is 317. The van der Waals surface area contributed by atoms with Gasteiger partial charge in [0.25, 0.3) is 5.79 Å². The quantitative estimate of drug-likeness (QED) is 0.0277. The van der Waals surface area contributed by atoms with Crippen LogP contribution in [0.4, 0.5) is 0 Å². The van der Waals surface area contributed by atoms with Crippen molar-refractivity contribution in [1.82, 2.24) is 31.9 Å². The first kappa shape index (κ1) is 110. The smallest absolute Gasteiger partial charge is 0.364 e. The minimum absolute atomic E-state index is 0.856. The third kappa shape index (κ3) is 25.0. The van der Waals surface area contributed by atoms with Crippen molar-refractivity contribution in [3.05, 3.63) is 0 Å². The molecule has 134 heavy (non-hydrogen) atoms. The molecule has 10 rings (SSSR count). The van der Waals surface area contributed by atoms with Crippen molar-refractivity contribution in [2.45, 2.75) is 367 Å². The fraction of sp³-hybridized carbons (Fsp3) is 0.907. The molecule has 10 fully saturated rings. The van der Waals surface area contributed by atoms with E-state index in [0.717, 1.165) is 41.5 Å². The number of carboxylic acid groups (broad SMARTS) is 1. The van der Waals surface area contributed by atoms with E-state index in [0.29, 0.717) is 0 Å². The van der Waals surface area contributed by atoms with E-state index < -0.39 is 420 Å². The Labute approximate surface area is 759 Å². The van der Waals surface area contributed by atoms with Crippen LogP contribution in [0, 0.1) is 0 Å². The molecule has 0 bridgehead atoms. The van der Waals surface area contributed by atoms with Crippen molar-refractivity contribution in [2.75, 3.05) is 59.5 Å². The van der Waals surface area contributed by atoms with Crippen LogP contribution in [0.5, 0.6) is 0 Å². The number of amides is 6. The van der Waals surface area contributed by atoms with Crippen LogP contribution in [0.25, 0.3) is 0 Å². The van der Waals surface area contributed by atoms with Gasteiger partial charge in [-0.1, -0.05) is 0 Å². The van der Waals surface area contributed by atoms with Crippen LogP contribution in [-0.4, -0.2) is 551 Å². The van der Waals surface area contributed by atoms with Gasteiger partial charge in [-0.15, -0.1) is 0 Å². The third-order valence-electron chi connectivity index (χ3n) is 24.2. The average molecular weight is 1960 g/mol. The predicted octanol–water partition coefficient (Wildman–Crippen LogP) is -21.7. The molecule has 51 atom stereocenters. The molecular formula is C75H124N6O53. The Hall–Kier alpha value is -5.51. The van der Waals surface area contributed by atoms with Crippen LogP contribution in [0.1, 0.15) is 54.9 Å². The number of aliphatic hydroxyl groups excluding tert-OH is 26. The van der Waals surface area contributed by atoms with Gasteiger partial charge in [0.15, 0.2) is 56.6 Å². The highest BCUT2D eigenvalue weighted by atomic mass is 16.8. The summed E-state index contributed by atoms with van der Waals surface area (Å²) >= 11 is 0. The van der Waals surface area contributed by atoms with Crippen molar-refractivity contribution in [3.8, 4) is 0 Å². The van der Waals surface area contributed by atoms with Gasteiger partial charge in [0.05, 0.1) is 77.7 Å². The van der Waals surface area contributed by atoms with Crippen LogP contribution in [0.2, 0.25) is 0 Å². The zero-order valence-corrected chi connectivity index (χ0v) is 72.6. The maximum absolute atomic E-state index is 13.5. The van der Waals surface area contributed by atoms with Crippen LogP contribution in [-0.2, 0) is 124 Å². The number of ether oxygens (including phenoxy) is 19. The predicted molar refractivity (Wildman–Crippen MR) is 415 cm³/mol. The summed E-state index contributed by atoms with van der Waals surface area (Å²) < 4.78 is 113. The summed E-state index contributed by atoms with van der Waals surface area (Å²) in [4.78, 5) is 90.7. The second kappa shape index (κ2) is 47.8. The van der Waals surface area contributed by atoms with E-state index in [4.69, 9.17) is 90.0 Å². The monoisotopic (exact) mass is 1960 g/mol. The number of carbonyl (C=O) groups excluding carboxylic acids is 6. The largest absolute Gasteiger partial charge is 0.477 e. The molecule has 10 saturated heterocycles. The van der Waals surface area contributed by atoms with E-state index in [1.807, 2.05) is 0 Å². The standard InChI is InChI=1S/C75H124N6O53/c1-18-41(96)52(107)54(109)70(119-18)117-16-33-47(102)63(132-67-36(77-20(3)89)48(103)43(98)27(10-83)121-67)56(111)73(127-33)130-60-31(14-87)125-69(39(51(60)106)80-23(6)92)133-64-46(101)32(15-116-66-37(78-21(4)90)49(104)58(29(12-85)123-66)128-71-55(110)53(108)44(99)28(11-84)122-71)126-72(57(64)112)129-59-30(13-86)124-68(38(50(59)105)79-22(5)91)131-61-40(81-24(7)93)65(113)120-34(45(61)100)17-118-75(74(114)115)8-25(94)35(76-19(2)88)62(134-75)42(97)26(95)9-82/h18,25-73,82-87,94-113H,8-17H2,1-7H3,(H,76,88)(H,77,89)(H,78,90)(H,79,91)(H,80,92)(H,81,93)(H,114,115)/t18-,25-,26+,27+,28+,29+,30+,31+,32+,33+,34+,35+,36+,37+,38+,39+,40+,41+,42+,43-,44-,45-,46-,47-,48+,49+,50+,51+,52+,53-,54-,55+,56+,57+,58+,59+,60+,61+,62+,63-,64-,65?,66+,67+,68-,69-,70+,71-,72-,73-,75+/m0/s1. The number of rotatable bonds is 36. The lowest BCUT2D eigenvalue weighted by Gasteiger charge is -2.51. The highest BCUT2D eigenvalue weighted by molar-refractivity contribution is 5.77. The lowest BCUT2D eigenvalue weighted by Crippen LogP contribution is -2.71. The Balaban J connectivity index is 0.968. The first-order valence-electron chi connectivity index (χ1n) is 42.6. The summed E-state index contributed by atoms with van der Waals surface area (Å²) in [5.74, 6) is -10.9. The molecular weight excluding hydrogens is 1830 g/mol. The fourth-order valence-electron chi connectivity index (χ4n) is 17.2. The molecule has 0 aromatic heterocycles. The van der Waals surface area contributed by atoms with E-state index in [2.05, 4.69) is 31.9 Å². The fourth-order valence-corrected chi connectivity index (χ4v) is 17.2. The molecule has 10 aliphatic rings. The molecule has 772 valence electrons. The summed E-state index contributed by atoms with van der Waals surface area (Å²) in [7, 11) is 0. The van der Waals surface area contributed by atoms with Gasteiger partial charge in [0.2, 0.25) is 35.4 Å². The molecule has 10 heterocycles. The topological polar surface area (TPSA) is 913 Å². The number of aliphatic carboxylic acids is 1. The number of hydrogen-bond acceptors (Lipinski definition) is 52. The minimum atomic E-state index is -3.12. The minimum Gasteiger partial charge on any atom is -0.477 e. The van der Waals surface area contributed by atoms with E-state index in [9.17, 15) is 171 Å². The van der Waals surface area contributed by atoms with Gasteiger partial charge in [-0.2, -0.15) is 0 Å². The number of aliphatic hydroxyl groups is 26. The van der Waals surface area contributed by atoms with Crippen LogP contribution < -0.4 is 31.9 Å². The summed E-state index contributed by atoms with van der Waals surface area (Å²) in [6.45, 7) is -3.48. The molecule has 0 aromatic rings. The molecule has 0 radical (unpaired) electrons. The first-order valence-corrected chi connectivity index (χ1v) is 42.6. The summed E-state index contributed by atoms with van der Waals surface area (Å²) in [5.41, 5.74) is 0. The molecule has 6 amide bonds. The van der Waals surface area contributed by atoms with Gasteiger partial charge in [-0.3, -0.25) is 28.8 Å². The maximum atomic E-state index is 13.5. The normalized spacial score (nSPS) is 46.7. The van der Waals surface area contributed by atoms with Gasteiger partial charge in [-0.05, 0) is 6.92 Å². The molecule has 0 aromatic carbocycles. The highest BCUT2D eigenvalue weighted by Gasteiger charge is 2.63. The van der Waals surface area contributed by atoms with Gasteiger partial charge >= 0.3 is 5.97 Å². The van der Waals surface area contributed by atoms with Gasteiger partial charge in [0, 0.05) is 48.0 Å². The van der Waals surface area contributed by atoms with Crippen molar-refractivity contribution < 1.29 is 261 Å². The second-order valence-corrected chi connectivity index (χ2v) is 33.9. The Morgan fingerprint density at radius 2 is 0.642 bits per heavy atom. The molecule has 0 aliphatic carbocycles. The lowest BCUT2D eigenvalue weighted by molar-refractivity contribution is -0.388. The van der Waals surface area contributed by atoms with Crippen molar-refractivity contribution >= 4 is 41.4 Å². The molecule has 1 unspecified atom stereocenters. The zero-order chi connectivity index (χ0) is 99.2. The van der Waals surface area contributed by atoms with Crippen LogP contribution >= 0.6 is 0 Å². The van der Waals surface area contributed by atoms with Gasteiger partial charge in [-0.25, -0.2) is 4.79 Å². The second-order valence-electron chi connectivity index (χ2n) is 33.9. The SMILES string of the molecule is CC(=O)N[C@H]1[C@H](OC[C@H]2O[C@@H](O[C@H]3[C@H](O)[C@@H](NC(C)=O)[C@H](O[C@H]4[C@@H](O)[C@@H](CO[C@]5(C(=O)O)C[C@H](O)[C@@H](NC(C)=O)[C@H]([C@H](O)[C@H](O)CO)O5)OC(O)[C@@H]4NC(C)=O)O[C@@H]3CO)[C@H](O)[C@@H](O[C@@H]3O[C@H](CO)[C@@H](O[C@@H]4O[C@H](CO[C@@H]5O[C@@H](C)[C@@H](O)[C@@H](O)[C@@H]5O)[C@H](O)[C@H](O[C@H]5O[C@H](CO)[C@H](O)[C@H](O)[C@H]5NC(C)=O)[C@H]4O)[C@H](O)[C@H]3NC(C)=O)[C@H]2O)O[C@H](CO)[C@@H](O[C@@H]2O[C@H](CO)[C@H](O)[C@H](O)[C@H]2O)[C@@H]1O. The molecule has 0 saturated carbocycles. The van der Waals surface area contributed by atoms with E-state index in [-0.39, 0.29) is 0 Å². The molecule has 10 aliphatic heterocycles. The van der Waals surface area contributed by atoms with Crippen molar-refractivity contribution in [3.63, 3.8) is 0 Å². The zero-order valence-electron chi connectivity index (χ0n) is 72.6.